The first-order valence-corrected chi connectivity index (χ1v) is 8.99. The van der Waals surface area contributed by atoms with E-state index in [1.54, 1.807) is 11.9 Å². The van der Waals surface area contributed by atoms with Gasteiger partial charge in [-0.25, -0.2) is 4.40 Å². The van der Waals surface area contributed by atoms with Gasteiger partial charge in [-0.1, -0.05) is 25.4 Å². The number of dihydropyridines is 1. The molecule has 0 aromatic carbocycles. The van der Waals surface area contributed by atoms with Gasteiger partial charge in [0.2, 0.25) is 0 Å². The van der Waals surface area contributed by atoms with Gasteiger partial charge in [0.1, 0.15) is 11.2 Å². The van der Waals surface area contributed by atoms with Crippen LogP contribution < -0.4 is 5.32 Å². The predicted octanol–water partition coefficient (Wildman–Crippen LogP) is 3.80. The lowest BCUT2D eigenvalue weighted by molar-refractivity contribution is 0.0516. The Kier molecular flexibility index (Phi) is 8.36. The second-order valence-electron chi connectivity index (χ2n) is 5.79. The number of hydrogen-bond donors (Lipinski definition) is 1. The minimum absolute atomic E-state index is 0.0282. The van der Waals surface area contributed by atoms with E-state index >= 15 is 0 Å². The van der Waals surface area contributed by atoms with E-state index in [0.29, 0.717) is 5.16 Å². The van der Waals surface area contributed by atoms with Crippen LogP contribution in [-0.4, -0.2) is 48.2 Å². The van der Waals surface area contributed by atoms with Crippen molar-refractivity contribution in [2.45, 2.75) is 45.4 Å². The third kappa shape index (κ3) is 6.63. The first-order valence-electron chi connectivity index (χ1n) is 7.84. The van der Waals surface area contributed by atoms with Gasteiger partial charge >= 0.3 is 0 Å². The topological polar surface area (TPSA) is 36.9 Å². The number of hydrogen-bond acceptors (Lipinski definition) is 5. The van der Waals surface area contributed by atoms with E-state index in [-0.39, 0.29) is 10.8 Å². The standard InChI is InChI=1S/C14H22ClN3OS.C2H6/c1-14(2,3)20-16-10-11-12(4-5-13(15)17-11)18-6-8-19-9-7-18;1-2/h4-5,10-11,17H,6-9H2,1-3H3;1-2H3/b16-10+;. The molecule has 0 aromatic heterocycles. The maximum Gasteiger partial charge on any atom is 0.103 e. The molecule has 1 atom stereocenters. The fraction of sp³-hybridized carbons (Fsp3) is 0.688. The Balaban J connectivity index is 0.00000116. The number of allylic oxidation sites excluding steroid dienone is 2. The normalized spacial score (nSPS) is 22.5. The van der Waals surface area contributed by atoms with Crippen LogP contribution in [-0.2, 0) is 4.74 Å². The highest BCUT2D eigenvalue weighted by atomic mass is 35.5. The number of halogens is 1. The lowest BCUT2D eigenvalue weighted by Crippen LogP contribution is -2.45. The van der Waals surface area contributed by atoms with Crippen molar-refractivity contribution in [2.24, 2.45) is 4.40 Å². The molecule has 0 amide bonds. The van der Waals surface area contributed by atoms with Gasteiger partial charge in [0.05, 0.1) is 13.2 Å². The highest BCUT2D eigenvalue weighted by Crippen LogP contribution is 2.25. The van der Waals surface area contributed by atoms with Gasteiger partial charge in [-0.05, 0) is 44.9 Å². The quantitative estimate of drug-likeness (QED) is 0.479. The molecule has 2 aliphatic heterocycles. The maximum atomic E-state index is 6.08. The molecule has 1 saturated heterocycles. The SMILES string of the molecule is CC.CC(C)(C)S/N=C/C1NC(Cl)=CC=C1N1CCOCC1. The van der Waals surface area contributed by atoms with Crippen LogP contribution in [0.25, 0.3) is 0 Å². The Morgan fingerprint density at radius 3 is 2.55 bits per heavy atom. The van der Waals surface area contributed by atoms with Crippen LogP contribution >= 0.6 is 23.5 Å². The second kappa shape index (κ2) is 9.48. The monoisotopic (exact) mass is 345 g/mol. The van der Waals surface area contributed by atoms with E-state index in [9.17, 15) is 0 Å². The molecule has 2 rings (SSSR count). The van der Waals surface area contributed by atoms with Crippen LogP contribution in [0.1, 0.15) is 34.6 Å². The molecule has 2 heterocycles. The van der Waals surface area contributed by atoms with Gasteiger partial charge in [0.15, 0.2) is 0 Å². The van der Waals surface area contributed by atoms with Crippen molar-refractivity contribution >= 4 is 29.8 Å². The summed E-state index contributed by atoms with van der Waals surface area (Å²) in [5, 5.41) is 3.92. The van der Waals surface area contributed by atoms with Crippen LogP contribution in [0.3, 0.4) is 0 Å². The molecule has 6 heteroatoms. The predicted molar refractivity (Wildman–Crippen MR) is 98.5 cm³/mol. The van der Waals surface area contributed by atoms with Gasteiger partial charge in [-0.15, -0.1) is 0 Å². The van der Waals surface area contributed by atoms with Gasteiger partial charge in [0.25, 0.3) is 0 Å². The van der Waals surface area contributed by atoms with Gasteiger partial charge in [-0.2, -0.15) is 0 Å². The average Bonchev–Trinajstić information content (AvgIpc) is 2.49. The summed E-state index contributed by atoms with van der Waals surface area (Å²) in [5.41, 5.74) is 1.20. The Morgan fingerprint density at radius 1 is 1.32 bits per heavy atom. The number of rotatable bonds is 3. The van der Waals surface area contributed by atoms with Gasteiger partial charge < -0.3 is 15.0 Å². The molecular formula is C16H28ClN3OS. The zero-order valence-electron chi connectivity index (χ0n) is 14.2. The molecule has 1 N–H and O–H groups in total. The lowest BCUT2D eigenvalue weighted by Gasteiger charge is -2.35. The number of nitrogens with zero attached hydrogens (tertiary/aromatic N) is 2. The highest BCUT2D eigenvalue weighted by molar-refractivity contribution is 7.99. The fourth-order valence-corrected chi connectivity index (χ4v) is 2.70. The maximum absolute atomic E-state index is 6.08. The third-order valence-corrected chi connectivity index (χ3v) is 3.94. The molecule has 22 heavy (non-hydrogen) atoms. The molecule has 0 spiro atoms. The fourth-order valence-electron chi connectivity index (χ4n) is 2.02. The molecular weight excluding hydrogens is 318 g/mol. The summed E-state index contributed by atoms with van der Waals surface area (Å²) in [6.07, 6.45) is 5.91. The smallest absolute Gasteiger partial charge is 0.103 e. The molecule has 0 aromatic rings. The molecule has 0 radical (unpaired) electrons. The minimum Gasteiger partial charge on any atom is -0.378 e. The first-order chi connectivity index (χ1) is 10.5. The third-order valence-electron chi connectivity index (χ3n) is 2.93. The van der Waals surface area contributed by atoms with Crippen molar-refractivity contribution in [3.8, 4) is 0 Å². The molecule has 0 aliphatic carbocycles. The lowest BCUT2D eigenvalue weighted by atomic mass is 10.1. The van der Waals surface area contributed by atoms with Crippen LogP contribution in [0.15, 0.2) is 27.4 Å². The summed E-state index contributed by atoms with van der Waals surface area (Å²) in [7, 11) is 0. The zero-order valence-corrected chi connectivity index (χ0v) is 15.8. The number of ether oxygens (including phenoxy) is 1. The van der Waals surface area contributed by atoms with Crippen LogP contribution in [0, 0.1) is 0 Å². The Labute approximate surface area is 144 Å². The van der Waals surface area contributed by atoms with Gasteiger partial charge in [0, 0.05) is 29.7 Å². The molecule has 4 nitrogen and oxygen atoms in total. The van der Waals surface area contributed by atoms with E-state index in [0.717, 1.165) is 26.3 Å². The molecule has 2 aliphatic rings. The van der Waals surface area contributed by atoms with E-state index < -0.39 is 0 Å². The van der Waals surface area contributed by atoms with Crippen LogP contribution in [0.4, 0.5) is 0 Å². The molecule has 1 fully saturated rings. The average molecular weight is 346 g/mol. The highest BCUT2D eigenvalue weighted by Gasteiger charge is 2.23. The van der Waals surface area contributed by atoms with Crippen LogP contribution in [0.5, 0.6) is 0 Å². The Morgan fingerprint density at radius 2 is 1.95 bits per heavy atom. The van der Waals surface area contributed by atoms with Crippen molar-refractivity contribution in [3.63, 3.8) is 0 Å². The summed E-state index contributed by atoms with van der Waals surface area (Å²) >= 11 is 7.65. The van der Waals surface area contributed by atoms with Crippen molar-refractivity contribution in [2.75, 3.05) is 26.3 Å². The molecule has 0 bridgehead atoms. The van der Waals surface area contributed by atoms with Gasteiger partial charge in [-0.3, -0.25) is 0 Å². The minimum atomic E-state index is 0.0282. The molecule has 1 unspecified atom stereocenters. The number of morpholine rings is 1. The van der Waals surface area contributed by atoms with Crippen molar-refractivity contribution in [3.05, 3.63) is 23.0 Å². The zero-order chi connectivity index (χ0) is 16.6. The summed E-state index contributed by atoms with van der Waals surface area (Å²) in [5.74, 6) is 0. The summed E-state index contributed by atoms with van der Waals surface area (Å²) in [6.45, 7) is 13.8. The molecule has 126 valence electrons. The Bertz CT molecular complexity index is 424. The Hall–Kier alpha value is -0.650. The second-order valence-corrected chi connectivity index (χ2v) is 7.81. The largest absolute Gasteiger partial charge is 0.378 e. The van der Waals surface area contributed by atoms with E-state index in [4.69, 9.17) is 16.3 Å². The van der Waals surface area contributed by atoms with E-state index in [2.05, 4.69) is 41.5 Å². The van der Waals surface area contributed by atoms with E-state index in [1.807, 2.05) is 26.1 Å². The first kappa shape index (κ1) is 19.4. The molecule has 0 saturated carbocycles. The number of nitrogens with one attached hydrogen (secondary N) is 1. The van der Waals surface area contributed by atoms with E-state index in [1.165, 1.54) is 5.70 Å². The van der Waals surface area contributed by atoms with Crippen molar-refractivity contribution in [1.82, 2.24) is 10.2 Å². The summed E-state index contributed by atoms with van der Waals surface area (Å²) < 4.78 is 10.0. The van der Waals surface area contributed by atoms with Crippen molar-refractivity contribution < 1.29 is 4.74 Å². The summed E-state index contributed by atoms with van der Waals surface area (Å²) in [4.78, 5) is 2.33. The van der Waals surface area contributed by atoms with Crippen LogP contribution in [0.2, 0.25) is 0 Å². The summed E-state index contributed by atoms with van der Waals surface area (Å²) in [6, 6.07) is 0.0282. The van der Waals surface area contributed by atoms with Crippen molar-refractivity contribution in [1.29, 1.82) is 0 Å².